The number of hydrogen-bond donors (Lipinski definition) is 2. The molecule has 2 aromatic carbocycles. The van der Waals surface area contributed by atoms with Gasteiger partial charge in [-0.25, -0.2) is 28.5 Å². The molecule has 0 unspecified atom stereocenters. The monoisotopic (exact) mass is 1390 g/mol. The van der Waals surface area contributed by atoms with Crippen LogP contribution in [0.25, 0.3) is 11.0 Å². The lowest BCUT2D eigenvalue weighted by Crippen LogP contribution is -2.44. The molecule has 9 heterocycles. The number of fused-ring (bicyclic) bond motifs is 4. The number of ether oxygens (including phenoxy) is 8. The first-order valence-corrected chi connectivity index (χ1v) is 35.8. The van der Waals surface area contributed by atoms with Crippen molar-refractivity contribution in [1.82, 2.24) is 34.2 Å². The second-order valence-electron chi connectivity index (χ2n) is 26.2. The zero-order valence-corrected chi connectivity index (χ0v) is 57.9. The van der Waals surface area contributed by atoms with Crippen LogP contribution in [0, 0.1) is 34.0 Å². The normalized spacial score (nSPS) is 23.5. The van der Waals surface area contributed by atoms with Gasteiger partial charge >= 0.3 is 7.82 Å². The van der Waals surface area contributed by atoms with Crippen LogP contribution in [0.15, 0.2) is 91.5 Å². The van der Waals surface area contributed by atoms with Gasteiger partial charge in [0.1, 0.15) is 90.3 Å². The van der Waals surface area contributed by atoms with Crippen molar-refractivity contribution in [3.05, 3.63) is 135 Å². The molecule has 97 heavy (non-hydrogen) atoms. The van der Waals surface area contributed by atoms with E-state index in [4.69, 9.17) is 86.1 Å². The first-order valence-electron chi connectivity index (χ1n) is 33.6. The van der Waals surface area contributed by atoms with Crippen LogP contribution in [0.3, 0.4) is 0 Å². The second-order valence-corrected chi connectivity index (χ2v) is 28.5. The molecule has 0 aliphatic carbocycles. The minimum absolute atomic E-state index is 0.00807. The molecule has 0 bridgehead atoms. The molecule has 4 aliphatic heterocycles. The van der Waals surface area contributed by atoms with Crippen LogP contribution in [0.4, 0.5) is 11.6 Å². The first-order chi connectivity index (χ1) is 46.8. The summed E-state index contributed by atoms with van der Waals surface area (Å²) in [5, 5.41) is 40.9. The SMILES string of the molecule is CCCCCCCCCCCCCCCCCCOC[C@H](COP(=O)(Oc1cccc(C[C@]2(C#N)O[C@H](c3ccc4c(N)ncnn34)[C@H]3OC(C)(C)O[C@H]32)c1Cl)Oc1cccc(C[C@]2(C#N)O[C@H](c3ccc4c(N)ncnn34)[C@H]3OC(C)(C)O[C@H]32)c1Cl)OCc1cccc(C#N)n1. The van der Waals surface area contributed by atoms with Gasteiger partial charge in [-0.2, -0.15) is 26.0 Å². The molecule has 0 saturated carbocycles. The van der Waals surface area contributed by atoms with E-state index in [0.717, 1.165) is 25.7 Å². The number of nitrogen functional groups attached to an aromatic ring is 2. The molecule has 4 saturated heterocycles. The van der Waals surface area contributed by atoms with Crippen molar-refractivity contribution >= 4 is 53.7 Å². The molecule has 24 nitrogen and oxygen atoms in total. The molecule has 4 fully saturated rings. The maximum absolute atomic E-state index is 16.0. The maximum Gasteiger partial charge on any atom is 0.587 e. The number of benzene rings is 2. The molecule has 0 radical (unpaired) electrons. The summed E-state index contributed by atoms with van der Waals surface area (Å²) in [4.78, 5) is 12.7. The van der Waals surface area contributed by atoms with Crippen molar-refractivity contribution in [3.8, 4) is 29.7 Å². The molecule has 4 N–H and O–H groups in total. The highest BCUT2D eigenvalue weighted by atomic mass is 35.5. The highest BCUT2D eigenvalue weighted by Crippen LogP contribution is 2.57. The lowest BCUT2D eigenvalue weighted by molar-refractivity contribution is -0.200. The van der Waals surface area contributed by atoms with Crippen LogP contribution in [0.2, 0.25) is 10.0 Å². The molecule has 516 valence electrons. The molecule has 4 aliphatic rings. The van der Waals surface area contributed by atoms with Crippen molar-refractivity contribution in [2.24, 2.45) is 0 Å². The Morgan fingerprint density at radius 3 is 1.53 bits per heavy atom. The molecule has 0 spiro atoms. The largest absolute Gasteiger partial charge is 0.587 e. The minimum Gasteiger partial charge on any atom is -0.393 e. The smallest absolute Gasteiger partial charge is 0.393 e. The zero-order chi connectivity index (χ0) is 68.4. The molecule has 7 aromatic rings. The van der Waals surface area contributed by atoms with Gasteiger partial charge in [0.15, 0.2) is 45.9 Å². The third-order valence-electron chi connectivity index (χ3n) is 18.1. The van der Waals surface area contributed by atoms with Gasteiger partial charge < -0.3 is 58.4 Å². The summed E-state index contributed by atoms with van der Waals surface area (Å²) in [5.41, 5.74) is 12.5. The van der Waals surface area contributed by atoms with Gasteiger partial charge in [-0.1, -0.05) is 157 Å². The molecule has 9 atom stereocenters. The highest BCUT2D eigenvalue weighted by molar-refractivity contribution is 7.49. The Balaban J connectivity index is 0.838. The van der Waals surface area contributed by atoms with Gasteiger partial charge in [0.05, 0.1) is 46.9 Å². The van der Waals surface area contributed by atoms with Gasteiger partial charge in [0.2, 0.25) is 0 Å². The fourth-order valence-corrected chi connectivity index (χ4v) is 15.2. The number of hydrogen-bond acceptors (Lipinski definition) is 22. The number of aromatic nitrogens is 7. The van der Waals surface area contributed by atoms with Crippen molar-refractivity contribution in [1.29, 1.82) is 15.8 Å². The Morgan fingerprint density at radius 2 is 1.06 bits per heavy atom. The Hall–Kier alpha value is -7.05. The van der Waals surface area contributed by atoms with E-state index in [9.17, 15) is 15.8 Å². The Morgan fingerprint density at radius 1 is 0.598 bits per heavy atom. The Labute approximate surface area is 575 Å². The van der Waals surface area contributed by atoms with E-state index in [1.807, 2.05) is 0 Å². The highest BCUT2D eigenvalue weighted by Gasteiger charge is 2.66. The number of pyridine rings is 1. The summed E-state index contributed by atoms with van der Waals surface area (Å²) in [6, 6.07) is 28.5. The maximum atomic E-state index is 16.0. The van der Waals surface area contributed by atoms with Crippen LogP contribution in [-0.2, 0) is 66.4 Å². The summed E-state index contributed by atoms with van der Waals surface area (Å²) in [6.07, 6.45) is 15.9. The van der Waals surface area contributed by atoms with Crippen LogP contribution in [0.1, 0.15) is 183 Å². The number of nitriles is 3. The molecule has 0 amide bonds. The summed E-state index contributed by atoms with van der Waals surface area (Å²) < 4.78 is 90.5. The van der Waals surface area contributed by atoms with Crippen molar-refractivity contribution in [2.75, 3.05) is 31.3 Å². The molecular formula is C70H85Cl2N12O12P. The number of anilines is 2. The van der Waals surface area contributed by atoms with Crippen LogP contribution in [0.5, 0.6) is 11.5 Å². The van der Waals surface area contributed by atoms with Crippen molar-refractivity contribution < 1.29 is 56.0 Å². The van der Waals surface area contributed by atoms with Gasteiger partial charge in [0.25, 0.3) is 0 Å². The number of nitrogens with zero attached hydrogens (tertiary/aromatic N) is 10. The number of rotatable bonds is 35. The van der Waals surface area contributed by atoms with E-state index in [0.29, 0.717) is 45.8 Å². The average molecular weight is 1390 g/mol. The van der Waals surface area contributed by atoms with E-state index in [1.165, 1.54) is 102 Å². The number of phosphoric ester groups is 1. The second kappa shape index (κ2) is 31.4. The van der Waals surface area contributed by atoms with E-state index >= 15 is 4.57 Å². The number of halogens is 2. The van der Waals surface area contributed by atoms with Crippen LogP contribution in [-0.4, -0.2) is 107 Å². The van der Waals surface area contributed by atoms with Gasteiger partial charge in [-0.05, 0) is 93.8 Å². The number of phosphoric acid groups is 1. The minimum atomic E-state index is -5.02. The summed E-state index contributed by atoms with van der Waals surface area (Å²) in [7, 11) is -5.02. The number of unbranched alkanes of at least 4 members (excludes halogenated alkanes) is 15. The van der Waals surface area contributed by atoms with Crippen LogP contribution < -0.4 is 20.5 Å². The average Bonchev–Trinajstić information content (AvgIpc) is 1.57. The molecule has 5 aromatic heterocycles. The predicted molar refractivity (Wildman–Crippen MR) is 360 cm³/mol. The lowest BCUT2D eigenvalue weighted by atomic mass is 9.88. The van der Waals surface area contributed by atoms with E-state index in [-0.39, 0.29) is 64.9 Å². The Kier molecular flexibility index (Phi) is 23.1. The molecule has 11 rings (SSSR count). The third-order valence-corrected chi connectivity index (χ3v) is 20.3. The van der Waals surface area contributed by atoms with Gasteiger partial charge in [0, 0.05) is 19.4 Å². The van der Waals surface area contributed by atoms with E-state index < -0.39 is 79.9 Å². The fraction of sp³-hybridized carbons (Fsp3) is 0.543. The topological polar surface area (TPSA) is 315 Å². The molecular weight excluding hydrogens is 1300 g/mol. The van der Waals surface area contributed by atoms with Crippen molar-refractivity contribution in [2.45, 2.75) is 222 Å². The summed E-state index contributed by atoms with van der Waals surface area (Å²) in [5.74, 6) is -2.10. The Bertz CT molecular complexity index is 3850. The standard InChI is InChI=1S/C70H85Cl2N12O12P/c1-6-7-8-9-10-11-12-13-14-15-16-17-18-19-20-21-35-86-40-50(87-39-49-28-24-27-48(38-73)82-49)41-88-97(85,95-55-29-22-25-46(57(55)71)36-69(42-74)63-61(89-67(2,3)93-63)59(91-69)51-31-33-53-65(76)78-44-80-83(51)53)96-56-30-23-26-47(58(56)72)37-70(43-75)64-62(90-68(4,5)94-64)60(92-70)52-32-34-54-66(77)79-45-81-84(52)54/h22-34,44-45,50,59-64H,6-21,35-37,39-41H2,1-5H3,(H2,76,78,80)(H2,77,79,81)/t50-,59-,60-,61-,62-,63-,64-,69-,70-/m1/s1. The third kappa shape index (κ3) is 16.5. The van der Waals surface area contributed by atoms with Gasteiger partial charge in [-0.15, -0.1) is 0 Å². The van der Waals surface area contributed by atoms with E-state index in [1.54, 1.807) is 103 Å². The quantitative estimate of drug-likeness (QED) is 0.0275. The fourth-order valence-electron chi connectivity index (χ4n) is 13.4. The van der Waals surface area contributed by atoms with E-state index in [2.05, 4.69) is 50.3 Å². The number of nitrogens with two attached hydrogens (primary N) is 2. The predicted octanol–water partition coefficient (Wildman–Crippen LogP) is 14.1. The first kappa shape index (κ1) is 71.2. The summed E-state index contributed by atoms with van der Waals surface area (Å²) >= 11 is 14.7. The van der Waals surface area contributed by atoms with Gasteiger partial charge in [-0.3, -0.25) is 4.52 Å². The molecule has 27 heteroatoms. The summed E-state index contributed by atoms with van der Waals surface area (Å²) in [6.45, 7) is 9.17. The van der Waals surface area contributed by atoms with Crippen LogP contribution >= 0.6 is 31.0 Å². The van der Waals surface area contributed by atoms with Crippen molar-refractivity contribution in [3.63, 3.8) is 0 Å². The zero-order valence-electron chi connectivity index (χ0n) is 55.5. The lowest BCUT2D eigenvalue weighted by Gasteiger charge is -2.30.